The molecule has 2 heterocycles. The van der Waals surface area contributed by atoms with Crippen LogP contribution in [0.1, 0.15) is 27.7 Å². The van der Waals surface area contributed by atoms with E-state index in [2.05, 4.69) is 93.3 Å². The lowest BCUT2D eigenvalue weighted by atomic mass is 9.78. The lowest BCUT2D eigenvalue weighted by Crippen LogP contribution is -2.41. The van der Waals surface area contributed by atoms with Crippen LogP contribution in [0.15, 0.2) is 72.9 Å². The van der Waals surface area contributed by atoms with E-state index in [-0.39, 0.29) is 18.3 Å². The molecule has 3 aromatic carbocycles. The van der Waals surface area contributed by atoms with E-state index >= 15 is 0 Å². The molecule has 1 saturated heterocycles. The van der Waals surface area contributed by atoms with E-state index in [0.29, 0.717) is 0 Å². The molecule has 29 heavy (non-hydrogen) atoms. The van der Waals surface area contributed by atoms with Crippen molar-refractivity contribution in [1.82, 2.24) is 4.98 Å². The van der Waals surface area contributed by atoms with Crippen molar-refractivity contribution in [3.05, 3.63) is 72.9 Å². The Bertz CT molecular complexity index is 1200. The molecule has 1 aromatic heterocycles. The van der Waals surface area contributed by atoms with Gasteiger partial charge in [-0.15, -0.1) is 0 Å². The Morgan fingerprint density at radius 1 is 0.759 bits per heavy atom. The summed E-state index contributed by atoms with van der Waals surface area (Å²) in [6.07, 6.45) is 1.85. The van der Waals surface area contributed by atoms with Crippen LogP contribution < -0.4 is 5.46 Å². The predicted octanol–water partition coefficient (Wildman–Crippen LogP) is 5.35. The van der Waals surface area contributed by atoms with Gasteiger partial charge in [0.1, 0.15) is 0 Å². The Balaban J connectivity index is 1.58. The molecule has 0 radical (unpaired) electrons. The summed E-state index contributed by atoms with van der Waals surface area (Å²) in [5.74, 6) is 0. The number of nitrogens with zero attached hydrogens (tertiary/aromatic N) is 1. The zero-order valence-corrected chi connectivity index (χ0v) is 17.3. The van der Waals surface area contributed by atoms with Gasteiger partial charge in [0.05, 0.1) is 16.7 Å². The highest BCUT2D eigenvalue weighted by atomic mass is 16.7. The molecule has 3 nitrogen and oxygen atoms in total. The Labute approximate surface area is 171 Å². The van der Waals surface area contributed by atoms with Gasteiger partial charge < -0.3 is 9.31 Å². The molecule has 1 aliphatic rings. The predicted molar refractivity (Wildman–Crippen MR) is 120 cm³/mol. The fraction of sp³-hybridized carbons (Fsp3) is 0.240. The molecule has 4 heteroatoms. The lowest BCUT2D eigenvalue weighted by Gasteiger charge is -2.32. The highest BCUT2D eigenvalue weighted by Gasteiger charge is 2.51. The van der Waals surface area contributed by atoms with E-state index in [1.54, 1.807) is 0 Å². The van der Waals surface area contributed by atoms with Crippen molar-refractivity contribution in [2.75, 3.05) is 0 Å². The minimum Gasteiger partial charge on any atom is -0.399 e. The van der Waals surface area contributed by atoms with E-state index in [9.17, 15) is 0 Å². The van der Waals surface area contributed by atoms with Crippen molar-refractivity contribution < 1.29 is 9.31 Å². The van der Waals surface area contributed by atoms with Crippen LogP contribution in [0.25, 0.3) is 32.8 Å². The fourth-order valence-electron chi connectivity index (χ4n) is 3.95. The topological polar surface area (TPSA) is 31.4 Å². The van der Waals surface area contributed by atoms with Gasteiger partial charge in [-0.05, 0) is 61.8 Å². The number of hydrogen-bond donors (Lipinski definition) is 0. The van der Waals surface area contributed by atoms with Crippen molar-refractivity contribution in [2.24, 2.45) is 0 Å². The van der Waals surface area contributed by atoms with Crippen molar-refractivity contribution in [1.29, 1.82) is 0 Å². The third-order valence-corrected chi connectivity index (χ3v) is 6.36. The summed E-state index contributed by atoms with van der Waals surface area (Å²) < 4.78 is 12.4. The SMILES string of the molecule is CC1(C)OB(c2ccc(-c3cc4cccnc4c4ccccc34)cc2)OC1(C)C. The maximum absolute atomic E-state index is 6.19. The van der Waals surface area contributed by atoms with Gasteiger partial charge in [0.25, 0.3) is 0 Å². The third kappa shape index (κ3) is 2.95. The standard InChI is InChI=1S/C25H24BNO2/c1-24(2)25(3,4)29-26(28-24)19-13-11-17(12-14-19)22-16-18-8-7-15-27-23(18)21-10-6-5-9-20(21)22/h5-16H,1-4H3. The third-order valence-electron chi connectivity index (χ3n) is 6.36. The quantitative estimate of drug-likeness (QED) is 0.346. The summed E-state index contributed by atoms with van der Waals surface area (Å²) in [7, 11) is -0.341. The first-order valence-electron chi connectivity index (χ1n) is 10.1. The van der Waals surface area contributed by atoms with Crippen LogP contribution in [0.2, 0.25) is 0 Å². The van der Waals surface area contributed by atoms with Gasteiger partial charge in [-0.2, -0.15) is 0 Å². The Morgan fingerprint density at radius 2 is 1.41 bits per heavy atom. The van der Waals surface area contributed by atoms with Crippen LogP contribution >= 0.6 is 0 Å². The summed E-state index contributed by atoms with van der Waals surface area (Å²) >= 11 is 0. The molecule has 0 atom stereocenters. The lowest BCUT2D eigenvalue weighted by molar-refractivity contribution is 0.00578. The summed E-state index contributed by atoms with van der Waals surface area (Å²) in [4.78, 5) is 4.60. The Kier molecular flexibility index (Phi) is 4.06. The van der Waals surface area contributed by atoms with E-state index in [0.717, 1.165) is 16.4 Å². The van der Waals surface area contributed by atoms with E-state index in [4.69, 9.17) is 9.31 Å². The summed E-state index contributed by atoms with van der Waals surface area (Å²) in [5, 5.41) is 3.54. The number of rotatable bonds is 2. The van der Waals surface area contributed by atoms with E-state index < -0.39 is 0 Å². The zero-order valence-electron chi connectivity index (χ0n) is 17.3. The van der Waals surface area contributed by atoms with Crippen molar-refractivity contribution in [3.8, 4) is 11.1 Å². The van der Waals surface area contributed by atoms with E-state index in [1.807, 2.05) is 12.3 Å². The second-order valence-corrected chi connectivity index (χ2v) is 8.76. The monoisotopic (exact) mass is 381 g/mol. The van der Waals surface area contributed by atoms with Crippen LogP contribution in [-0.2, 0) is 9.31 Å². The highest BCUT2D eigenvalue weighted by Crippen LogP contribution is 2.37. The Hall–Kier alpha value is -2.69. The molecule has 0 N–H and O–H groups in total. The summed E-state index contributed by atoms with van der Waals surface area (Å²) in [6.45, 7) is 8.32. The molecule has 1 aliphatic heterocycles. The van der Waals surface area contributed by atoms with Gasteiger partial charge >= 0.3 is 7.12 Å². The molecule has 0 aliphatic carbocycles. The van der Waals surface area contributed by atoms with Gasteiger partial charge in [0.2, 0.25) is 0 Å². The number of benzene rings is 3. The second-order valence-electron chi connectivity index (χ2n) is 8.76. The first-order valence-corrected chi connectivity index (χ1v) is 10.1. The molecular formula is C25H24BNO2. The largest absolute Gasteiger partial charge is 0.494 e. The minimum absolute atomic E-state index is 0.335. The molecule has 0 spiro atoms. The molecule has 0 bridgehead atoms. The van der Waals surface area contributed by atoms with Gasteiger partial charge in [0, 0.05) is 17.0 Å². The maximum atomic E-state index is 6.19. The van der Waals surface area contributed by atoms with Crippen LogP contribution in [0.3, 0.4) is 0 Å². The van der Waals surface area contributed by atoms with Gasteiger partial charge in [-0.3, -0.25) is 4.98 Å². The Morgan fingerprint density at radius 3 is 2.10 bits per heavy atom. The van der Waals surface area contributed by atoms with Gasteiger partial charge in [0.15, 0.2) is 0 Å². The second kappa shape index (κ2) is 6.41. The molecule has 0 saturated carbocycles. The van der Waals surface area contributed by atoms with Crippen molar-refractivity contribution in [3.63, 3.8) is 0 Å². The summed E-state index contributed by atoms with van der Waals surface area (Å²) in [5.41, 5.74) is 3.80. The average Bonchev–Trinajstić information content (AvgIpc) is 2.95. The molecule has 144 valence electrons. The molecule has 0 amide bonds. The fourth-order valence-corrected chi connectivity index (χ4v) is 3.95. The minimum atomic E-state index is -0.341. The zero-order chi connectivity index (χ0) is 20.2. The van der Waals surface area contributed by atoms with Crippen molar-refractivity contribution in [2.45, 2.75) is 38.9 Å². The van der Waals surface area contributed by atoms with Crippen LogP contribution in [0.4, 0.5) is 0 Å². The molecule has 0 unspecified atom stereocenters. The number of aromatic nitrogens is 1. The number of pyridine rings is 1. The number of hydrogen-bond acceptors (Lipinski definition) is 3. The molecule has 5 rings (SSSR count). The van der Waals surface area contributed by atoms with Crippen LogP contribution in [0, 0.1) is 0 Å². The van der Waals surface area contributed by atoms with Gasteiger partial charge in [-0.25, -0.2) is 0 Å². The van der Waals surface area contributed by atoms with Crippen LogP contribution in [-0.4, -0.2) is 23.3 Å². The van der Waals surface area contributed by atoms with Crippen molar-refractivity contribution >= 4 is 34.3 Å². The first kappa shape index (κ1) is 18.4. The molecule has 1 fully saturated rings. The van der Waals surface area contributed by atoms with Gasteiger partial charge in [-0.1, -0.05) is 54.6 Å². The highest BCUT2D eigenvalue weighted by molar-refractivity contribution is 6.62. The molecule has 4 aromatic rings. The number of fused-ring (bicyclic) bond motifs is 3. The smallest absolute Gasteiger partial charge is 0.399 e. The van der Waals surface area contributed by atoms with E-state index in [1.165, 1.54) is 21.9 Å². The maximum Gasteiger partial charge on any atom is 0.494 e. The first-order chi connectivity index (χ1) is 13.9. The molecular weight excluding hydrogens is 357 g/mol. The summed E-state index contributed by atoms with van der Waals surface area (Å²) in [6, 6.07) is 23.3. The normalized spacial score (nSPS) is 17.9. The van der Waals surface area contributed by atoms with Crippen LogP contribution in [0.5, 0.6) is 0 Å². The average molecular weight is 381 g/mol.